The lowest BCUT2D eigenvalue weighted by atomic mass is 10.1. The normalized spacial score (nSPS) is 10.7. The molecule has 0 aliphatic rings. The molecule has 0 atom stereocenters. The highest BCUT2D eigenvalue weighted by Gasteiger charge is 2.16. The Kier molecular flexibility index (Phi) is 10.7. The number of carbonyl (C=O) groups excluding carboxylic acids is 3. The summed E-state index contributed by atoms with van der Waals surface area (Å²) in [5.74, 6) is -1.48. The summed E-state index contributed by atoms with van der Waals surface area (Å²) in [7, 11) is 1.45. The molecule has 0 radical (unpaired) electrons. The number of hydrogen-bond acceptors (Lipinski definition) is 6. The summed E-state index contributed by atoms with van der Waals surface area (Å²) in [6.45, 7) is 1.66. The second-order valence-corrected chi connectivity index (χ2v) is 9.73. The number of rotatable bonds is 9. The molecule has 3 N–H and O–H groups in total. The summed E-state index contributed by atoms with van der Waals surface area (Å²) >= 11 is 13.9. The van der Waals surface area contributed by atoms with Gasteiger partial charge in [-0.2, -0.15) is 5.10 Å². The van der Waals surface area contributed by atoms with Gasteiger partial charge in [0.2, 0.25) is 0 Å². The standard InChI is InChI=1S/C26H23Cl2IN4O5/c1-3-16-6-4-5-7-21(16)32-25(35)26(36)33-30-13-15-8-20(29)24(22(9-15)37-2)38-14-23(34)31-19-11-17(27)10-18(28)12-19/h4-13H,3,14H2,1-2H3,(H,31,34)(H,32,35)(H,33,36)/b30-13-. The Morgan fingerprint density at radius 1 is 1.00 bits per heavy atom. The maximum absolute atomic E-state index is 12.3. The van der Waals surface area contributed by atoms with Crippen LogP contribution in [0.2, 0.25) is 10.0 Å². The van der Waals surface area contributed by atoms with Crippen molar-refractivity contribution in [3.8, 4) is 11.5 Å². The fourth-order valence-electron chi connectivity index (χ4n) is 3.26. The first-order valence-corrected chi connectivity index (χ1v) is 13.0. The molecule has 3 aromatic carbocycles. The first kappa shape index (κ1) is 29.2. The second-order valence-electron chi connectivity index (χ2n) is 7.69. The molecule has 0 aliphatic heterocycles. The molecular formula is C26H23Cl2IN4O5. The third-order valence-corrected chi connectivity index (χ3v) is 6.22. The molecule has 198 valence electrons. The number of benzene rings is 3. The summed E-state index contributed by atoms with van der Waals surface area (Å²) in [6.07, 6.45) is 2.06. The predicted octanol–water partition coefficient (Wildman–Crippen LogP) is 5.28. The Hall–Kier alpha value is -3.35. The van der Waals surface area contributed by atoms with Crippen LogP contribution in [0.15, 0.2) is 59.7 Å². The summed E-state index contributed by atoms with van der Waals surface area (Å²) in [5.41, 5.74) is 4.68. The summed E-state index contributed by atoms with van der Waals surface area (Å²) in [4.78, 5) is 36.7. The Bertz CT molecular complexity index is 1360. The van der Waals surface area contributed by atoms with Crippen molar-refractivity contribution in [2.75, 3.05) is 24.4 Å². The minimum Gasteiger partial charge on any atom is -0.493 e. The van der Waals surface area contributed by atoms with E-state index in [1.54, 1.807) is 42.5 Å². The van der Waals surface area contributed by atoms with Crippen LogP contribution in [0.5, 0.6) is 11.5 Å². The molecule has 9 nitrogen and oxygen atoms in total. The predicted molar refractivity (Wildman–Crippen MR) is 156 cm³/mol. The van der Waals surface area contributed by atoms with Gasteiger partial charge in [0.15, 0.2) is 18.1 Å². The van der Waals surface area contributed by atoms with Crippen LogP contribution in [-0.4, -0.2) is 37.7 Å². The number of anilines is 2. The number of hydrogen-bond donors (Lipinski definition) is 3. The molecule has 0 spiro atoms. The SMILES string of the molecule is CCc1ccccc1NC(=O)C(=O)N/N=C\c1cc(I)c(OCC(=O)Nc2cc(Cl)cc(Cl)c2)c(OC)c1. The zero-order valence-corrected chi connectivity index (χ0v) is 24.0. The average molecular weight is 669 g/mol. The van der Waals surface area contributed by atoms with Gasteiger partial charge in [-0.25, -0.2) is 5.43 Å². The number of para-hydroxylation sites is 1. The van der Waals surface area contributed by atoms with Crippen LogP contribution < -0.4 is 25.5 Å². The smallest absolute Gasteiger partial charge is 0.329 e. The van der Waals surface area contributed by atoms with E-state index in [1.807, 2.05) is 41.6 Å². The van der Waals surface area contributed by atoms with Gasteiger partial charge in [0.1, 0.15) is 0 Å². The Morgan fingerprint density at radius 3 is 2.39 bits per heavy atom. The maximum atomic E-state index is 12.3. The molecule has 0 unspecified atom stereocenters. The van der Waals surface area contributed by atoms with Crippen LogP contribution in [0.3, 0.4) is 0 Å². The number of nitrogens with one attached hydrogen (secondary N) is 3. The molecule has 12 heteroatoms. The highest BCUT2D eigenvalue weighted by molar-refractivity contribution is 14.1. The van der Waals surface area contributed by atoms with Gasteiger partial charge in [-0.15, -0.1) is 0 Å². The van der Waals surface area contributed by atoms with Crippen molar-refractivity contribution in [2.24, 2.45) is 5.10 Å². The number of aryl methyl sites for hydroxylation is 1. The summed E-state index contributed by atoms with van der Waals surface area (Å²) in [5, 5.41) is 9.88. The highest BCUT2D eigenvalue weighted by Crippen LogP contribution is 2.33. The molecule has 0 bridgehead atoms. The highest BCUT2D eigenvalue weighted by atomic mass is 127. The van der Waals surface area contributed by atoms with Crippen LogP contribution in [0, 0.1) is 3.57 Å². The molecule has 38 heavy (non-hydrogen) atoms. The molecule has 0 fully saturated rings. The minimum atomic E-state index is -0.916. The van der Waals surface area contributed by atoms with Crippen LogP contribution in [0.1, 0.15) is 18.1 Å². The number of hydrazone groups is 1. The lowest BCUT2D eigenvalue weighted by Crippen LogP contribution is -2.32. The average Bonchev–Trinajstić information content (AvgIpc) is 2.87. The fourth-order valence-corrected chi connectivity index (χ4v) is 4.57. The third-order valence-electron chi connectivity index (χ3n) is 4.98. The van der Waals surface area contributed by atoms with Crippen molar-refractivity contribution in [2.45, 2.75) is 13.3 Å². The lowest BCUT2D eigenvalue weighted by Gasteiger charge is -2.13. The molecule has 0 aromatic heterocycles. The van der Waals surface area contributed by atoms with E-state index < -0.39 is 17.7 Å². The molecule has 0 aliphatic carbocycles. The Labute approximate surface area is 243 Å². The first-order valence-electron chi connectivity index (χ1n) is 11.2. The number of ether oxygens (including phenoxy) is 2. The lowest BCUT2D eigenvalue weighted by molar-refractivity contribution is -0.136. The van der Waals surface area contributed by atoms with E-state index >= 15 is 0 Å². The van der Waals surface area contributed by atoms with Crippen LogP contribution in [-0.2, 0) is 20.8 Å². The van der Waals surface area contributed by atoms with Crippen LogP contribution in [0.4, 0.5) is 11.4 Å². The molecule has 0 saturated carbocycles. The second kappa shape index (κ2) is 14.0. The van der Waals surface area contributed by atoms with Crippen LogP contribution in [0.25, 0.3) is 0 Å². The molecular weight excluding hydrogens is 646 g/mol. The number of nitrogens with zero attached hydrogens (tertiary/aromatic N) is 1. The number of halogens is 3. The molecule has 0 saturated heterocycles. The van der Waals surface area contributed by atoms with Gasteiger partial charge in [0.25, 0.3) is 5.91 Å². The number of carbonyl (C=O) groups is 3. The minimum absolute atomic E-state index is 0.295. The van der Waals surface area contributed by atoms with Crippen molar-refractivity contribution < 1.29 is 23.9 Å². The summed E-state index contributed by atoms with van der Waals surface area (Å²) in [6, 6.07) is 15.2. The van der Waals surface area contributed by atoms with Gasteiger partial charge in [0, 0.05) is 21.4 Å². The van der Waals surface area contributed by atoms with Crippen molar-refractivity contribution >= 4 is 81.1 Å². The fraction of sp³-hybridized carbons (Fsp3) is 0.154. The third kappa shape index (κ3) is 8.33. The van der Waals surface area contributed by atoms with Crippen molar-refractivity contribution in [1.82, 2.24) is 5.43 Å². The number of amides is 3. The van der Waals surface area contributed by atoms with Gasteiger partial charge in [-0.05, 0) is 76.5 Å². The molecule has 0 heterocycles. The monoisotopic (exact) mass is 668 g/mol. The Morgan fingerprint density at radius 2 is 1.71 bits per heavy atom. The molecule has 3 aromatic rings. The van der Waals surface area contributed by atoms with E-state index in [0.717, 1.165) is 5.56 Å². The summed E-state index contributed by atoms with van der Waals surface area (Å²) < 4.78 is 11.7. The Balaban J connectivity index is 1.59. The van der Waals surface area contributed by atoms with Gasteiger partial charge in [-0.1, -0.05) is 48.3 Å². The van der Waals surface area contributed by atoms with E-state index in [2.05, 4.69) is 21.2 Å². The topological polar surface area (TPSA) is 118 Å². The van der Waals surface area contributed by atoms with Crippen molar-refractivity contribution in [1.29, 1.82) is 0 Å². The van der Waals surface area contributed by atoms with Gasteiger partial charge in [0.05, 0.1) is 16.9 Å². The zero-order valence-electron chi connectivity index (χ0n) is 20.3. The molecule has 3 amide bonds. The van der Waals surface area contributed by atoms with Gasteiger partial charge >= 0.3 is 11.8 Å². The largest absolute Gasteiger partial charge is 0.493 e. The van der Waals surface area contributed by atoms with E-state index in [-0.39, 0.29) is 6.61 Å². The quantitative estimate of drug-likeness (QED) is 0.124. The van der Waals surface area contributed by atoms with E-state index in [4.69, 9.17) is 32.7 Å². The first-order chi connectivity index (χ1) is 18.2. The number of methoxy groups -OCH3 is 1. The van der Waals surface area contributed by atoms with Crippen molar-refractivity contribution in [3.05, 3.63) is 79.3 Å². The maximum Gasteiger partial charge on any atom is 0.329 e. The van der Waals surface area contributed by atoms with Gasteiger partial charge in [-0.3, -0.25) is 14.4 Å². The van der Waals surface area contributed by atoms with E-state index in [1.165, 1.54) is 13.3 Å². The van der Waals surface area contributed by atoms with E-state index in [9.17, 15) is 14.4 Å². The molecule has 3 rings (SSSR count). The van der Waals surface area contributed by atoms with E-state index in [0.29, 0.717) is 48.5 Å². The van der Waals surface area contributed by atoms with Crippen molar-refractivity contribution in [3.63, 3.8) is 0 Å². The zero-order chi connectivity index (χ0) is 27.7. The van der Waals surface area contributed by atoms with Crippen LogP contribution >= 0.6 is 45.8 Å². The van der Waals surface area contributed by atoms with Gasteiger partial charge < -0.3 is 20.1 Å².